The summed E-state index contributed by atoms with van der Waals surface area (Å²) in [6, 6.07) is 0. The highest BCUT2D eigenvalue weighted by Gasteiger charge is 2.73. The second-order valence-corrected chi connectivity index (χ2v) is 15.2. The van der Waals surface area contributed by atoms with Gasteiger partial charge in [0.1, 0.15) is 0 Å². The highest BCUT2D eigenvalue weighted by atomic mass is 16.7. The van der Waals surface area contributed by atoms with Gasteiger partial charge in [-0.3, -0.25) is 9.59 Å². The van der Waals surface area contributed by atoms with Crippen LogP contribution in [0.25, 0.3) is 0 Å². The highest BCUT2D eigenvalue weighted by molar-refractivity contribution is 5.76. The van der Waals surface area contributed by atoms with E-state index in [0.717, 1.165) is 51.4 Å². The summed E-state index contributed by atoms with van der Waals surface area (Å²) in [7, 11) is 3.35. The molecule has 7 nitrogen and oxygen atoms in total. The SMILES string of the molecule is COC(OC)[C@H](C)[C@@H]1CC[C@]2(C(=O)O)CC[C@]3(C)[C@H](CC[C@@H]4[C@@]5(C)CC[C@@H](O)[C@@](C)(C(=O)O)[C@@H]5CC[C@]43C)[C@@H]12. The molecule has 0 radical (unpaired) electrons. The zero-order valence-electron chi connectivity index (χ0n) is 25.2. The van der Waals surface area contributed by atoms with Gasteiger partial charge in [-0.2, -0.15) is 0 Å². The van der Waals surface area contributed by atoms with Crippen LogP contribution in [0.4, 0.5) is 0 Å². The van der Waals surface area contributed by atoms with Crippen LogP contribution in [0.15, 0.2) is 0 Å². The lowest BCUT2D eigenvalue weighted by Crippen LogP contribution is -2.68. The summed E-state index contributed by atoms with van der Waals surface area (Å²) in [4.78, 5) is 25.6. The number of carboxylic acid groups (broad SMARTS) is 2. The van der Waals surface area contributed by atoms with Crippen molar-refractivity contribution in [1.82, 2.24) is 0 Å². The topological polar surface area (TPSA) is 113 Å². The van der Waals surface area contributed by atoms with Gasteiger partial charge in [-0.25, -0.2) is 0 Å². The van der Waals surface area contributed by atoms with Gasteiger partial charge in [0.05, 0.1) is 16.9 Å². The summed E-state index contributed by atoms with van der Waals surface area (Å²) in [6.07, 6.45) is 7.18. The first kappa shape index (κ1) is 29.3. The van der Waals surface area contributed by atoms with Crippen molar-refractivity contribution in [3.8, 4) is 0 Å². The molecule has 5 rings (SSSR count). The van der Waals surface area contributed by atoms with Gasteiger partial charge >= 0.3 is 11.9 Å². The summed E-state index contributed by atoms with van der Waals surface area (Å²) in [5.41, 5.74) is -2.00. The number of methoxy groups -OCH3 is 2. The normalized spacial score (nSPS) is 51.8. The van der Waals surface area contributed by atoms with E-state index >= 15 is 0 Å². The number of ether oxygens (including phenoxy) is 2. The molecule has 0 aromatic heterocycles. The average Bonchev–Trinajstić information content (AvgIpc) is 3.28. The molecule has 0 amide bonds. The van der Waals surface area contributed by atoms with Crippen molar-refractivity contribution in [3.63, 3.8) is 0 Å². The van der Waals surface area contributed by atoms with Crippen LogP contribution in [0.2, 0.25) is 0 Å². The van der Waals surface area contributed by atoms with E-state index in [-0.39, 0.29) is 46.2 Å². The maximum atomic E-state index is 13.0. The van der Waals surface area contributed by atoms with E-state index in [9.17, 15) is 24.9 Å². The Labute approximate surface area is 234 Å². The predicted octanol–water partition coefficient (Wildman–Crippen LogP) is 5.83. The summed E-state index contributed by atoms with van der Waals surface area (Å²) in [6.45, 7) is 11.2. The van der Waals surface area contributed by atoms with Gasteiger partial charge in [-0.05, 0) is 117 Å². The Kier molecular flexibility index (Phi) is 7.08. The number of aliphatic hydroxyl groups excluding tert-OH is 1. The minimum absolute atomic E-state index is 0.00811. The van der Waals surface area contributed by atoms with Gasteiger partial charge in [-0.15, -0.1) is 0 Å². The van der Waals surface area contributed by atoms with Gasteiger partial charge in [0.25, 0.3) is 0 Å². The molecule has 0 aliphatic heterocycles. The molecule has 7 heteroatoms. The molecule has 5 saturated carbocycles. The summed E-state index contributed by atoms with van der Waals surface area (Å²) >= 11 is 0. The van der Waals surface area contributed by atoms with Gasteiger partial charge in [0, 0.05) is 20.1 Å². The molecule has 0 spiro atoms. The smallest absolute Gasteiger partial charge is 0.312 e. The van der Waals surface area contributed by atoms with Crippen molar-refractivity contribution in [2.75, 3.05) is 14.2 Å². The number of rotatable bonds is 6. The molecule has 0 aromatic carbocycles. The Morgan fingerprint density at radius 3 is 2.03 bits per heavy atom. The zero-order chi connectivity index (χ0) is 28.8. The monoisotopic (exact) mass is 548 g/mol. The van der Waals surface area contributed by atoms with E-state index in [4.69, 9.17) is 9.47 Å². The first-order valence-electron chi connectivity index (χ1n) is 15.4. The third-order valence-electron chi connectivity index (χ3n) is 14.6. The molecule has 0 aromatic rings. The number of carbonyl (C=O) groups is 2. The number of fused-ring (bicyclic) bond motifs is 7. The molecule has 5 aliphatic rings. The lowest BCUT2D eigenvalue weighted by molar-refractivity contribution is -0.254. The predicted molar refractivity (Wildman–Crippen MR) is 147 cm³/mol. The second kappa shape index (κ2) is 9.42. The molecular weight excluding hydrogens is 496 g/mol. The largest absolute Gasteiger partial charge is 0.481 e. The molecule has 222 valence electrons. The number of aliphatic hydroxyl groups is 1. The third kappa shape index (κ3) is 3.57. The molecule has 5 fully saturated rings. The van der Waals surface area contributed by atoms with E-state index in [0.29, 0.717) is 24.7 Å². The van der Waals surface area contributed by atoms with Crippen LogP contribution in [-0.4, -0.2) is 53.9 Å². The van der Waals surface area contributed by atoms with Crippen molar-refractivity contribution < 1.29 is 34.4 Å². The van der Waals surface area contributed by atoms with Gasteiger partial charge in [-0.1, -0.05) is 27.7 Å². The van der Waals surface area contributed by atoms with E-state index in [1.165, 1.54) is 0 Å². The van der Waals surface area contributed by atoms with Crippen molar-refractivity contribution >= 4 is 11.9 Å². The molecular formula is C32H52O7. The Hall–Kier alpha value is -1.18. The van der Waals surface area contributed by atoms with Crippen LogP contribution in [0, 0.1) is 62.6 Å². The standard InChI is InChI=1S/C32H52O7/c1-18(25(38-6)39-7)19-10-15-32(27(36)37)17-16-29(3)20(24(19)32)8-9-21-28(2)13-12-23(33)31(5,26(34)35)22(28)11-14-30(21,29)4/h18-25,33H,8-17H2,1-7H3,(H,34,35)(H,36,37)/t18-,19+,20-,21-,22-,23-,24-,28-,29-,30-,31+,32+/m1/s1. The molecule has 3 N–H and O–H groups in total. The van der Waals surface area contributed by atoms with Crippen LogP contribution < -0.4 is 0 Å². The van der Waals surface area contributed by atoms with Crippen molar-refractivity contribution in [3.05, 3.63) is 0 Å². The molecule has 0 bridgehead atoms. The fourth-order valence-electron chi connectivity index (χ4n) is 12.3. The lowest BCUT2D eigenvalue weighted by Gasteiger charge is -2.72. The summed E-state index contributed by atoms with van der Waals surface area (Å²) < 4.78 is 11.4. The minimum atomic E-state index is -1.13. The minimum Gasteiger partial charge on any atom is -0.481 e. The fourth-order valence-corrected chi connectivity index (χ4v) is 12.3. The number of hydrogen-bond donors (Lipinski definition) is 3. The van der Waals surface area contributed by atoms with Crippen LogP contribution in [0.1, 0.15) is 98.8 Å². The maximum Gasteiger partial charge on any atom is 0.312 e. The molecule has 5 aliphatic carbocycles. The second-order valence-electron chi connectivity index (χ2n) is 15.2. The van der Waals surface area contributed by atoms with Gasteiger partial charge in [0.15, 0.2) is 6.29 Å². The highest BCUT2D eigenvalue weighted by Crippen LogP contribution is 2.77. The molecule has 12 atom stereocenters. The zero-order valence-corrected chi connectivity index (χ0v) is 25.2. The van der Waals surface area contributed by atoms with E-state index in [1.54, 1.807) is 21.1 Å². The molecule has 39 heavy (non-hydrogen) atoms. The van der Waals surface area contributed by atoms with E-state index in [1.807, 2.05) is 0 Å². The van der Waals surface area contributed by atoms with Crippen LogP contribution in [0.5, 0.6) is 0 Å². The van der Waals surface area contributed by atoms with Crippen LogP contribution in [0.3, 0.4) is 0 Å². The number of hydrogen-bond acceptors (Lipinski definition) is 5. The molecule has 0 saturated heterocycles. The number of carboxylic acids is 2. The Balaban J connectivity index is 1.55. The molecule has 0 unspecified atom stereocenters. The Morgan fingerprint density at radius 2 is 1.44 bits per heavy atom. The summed E-state index contributed by atoms with van der Waals surface area (Å²) in [5.74, 6) is -0.494. The van der Waals surface area contributed by atoms with Gasteiger partial charge < -0.3 is 24.8 Å². The van der Waals surface area contributed by atoms with Gasteiger partial charge in [0.2, 0.25) is 0 Å². The fraction of sp³-hybridized carbons (Fsp3) is 0.938. The first-order valence-corrected chi connectivity index (χ1v) is 15.4. The average molecular weight is 549 g/mol. The van der Waals surface area contributed by atoms with E-state index in [2.05, 4.69) is 27.7 Å². The maximum absolute atomic E-state index is 13.0. The quantitative estimate of drug-likeness (QED) is 0.358. The Bertz CT molecular complexity index is 995. The summed E-state index contributed by atoms with van der Waals surface area (Å²) in [5, 5.41) is 32.0. The molecule has 0 heterocycles. The van der Waals surface area contributed by atoms with E-state index < -0.39 is 28.9 Å². The van der Waals surface area contributed by atoms with Crippen LogP contribution >= 0.6 is 0 Å². The van der Waals surface area contributed by atoms with Crippen molar-refractivity contribution in [1.29, 1.82) is 0 Å². The van der Waals surface area contributed by atoms with Crippen LogP contribution in [-0.2, 0) is 19.1 Å². The lowest BCUT2D eigenvalue weighted by atomic mass is 9.32. The Morgan fingerprint density at radius 1 is 0.769 bits per heavy atom. The van der Waals surface area contributed by atoms with Crippen molar-refractivity contribution in [2.45, 2.75) is 111 Å². The van der Waals surface area contributed by atoms with Crippen molar-refractivity contribution in [2.24, 2.45) is 62.6 Å². The first-order chi connectivity index (χ1) is 18.2. The number of aliphatic carboxylic acids is 2. The third-order valence-corrected chi connectivity index (χ3v) is 14.6.